The van der Waals surface area contributed by atoms with Crippen LogP contribution in [-0.4, -0.2) is 42.5 Å². The summed E-state index contributed by atoms with van der Waals surface area (Å²) < 4.78 is 55.9. The number of alkyl halides is 4. The highest BCUT2D eigenvalue weighted by Gasteiger charge is 2.34. The third-order valence-corrected chi connectivity index (χ3v) is 2.78. The van der Waals surface area contributed by atoms with Crippen LogP contribution in [0.1, 0.15) is 10.4 Å². The summed E-state index contributed by atoms with van der Waals surface area (Å²) in [4.78, 5) is 12.6. The maximum atomic E-state index is 13.7. The van der Waals surface area contributed by atoms with Crippen molar-refractivity contribution in [1.29, 1.82) is 0 Å². The van der Waals surface area contributed by atoms with E-state index >= 15 is 0 Å². The zero-order valence-electron chi connectivity index (χ0n) is 10.5. The molecule has 0 aliphatic heterocycles. The Labute approximate surface area is 121 Å². The van der Waals surface area contributed by atoms with E-state index in [-0.39, 0.29) is 17.6 Å². The number of carbonyl (C=O) groups excluding carboxylic acids is 1. The molecule has 0 heterocycles. The number of halogens is 5. The molecule has 1 aromatic rings. The minimum Gasteiger partial charge on any atom is -0.496 e. The van der Waals surface area contributed by atoms with Crippen molar-refractivity contribution in [2.24, 2.45) is 0 Å². The van der Waals surface area contributed by atoms with Crippen molar-refractivity contribution >= 4 is 21.8 Å². The molecule has 1 rings (SSSR count). The summed E-state index contributed by atoms with van der Waals surface area (Å²) in [5, 5.41) is 0.144. The van der Waals surface area contributed by atoms with Gasteiger partial charge < -0.3 is 9.64 Å². The quantitative estimate of drug-likeness (QED) is 0.598. The second-order valence-electron chi connectivity index (χ2n) is 3.85. The normalized spacial score (nSPS) is 11.3. The maximum absolute atomic E-state index is 13.7. The fourth-order valence-corrected chi connectivity index (χ4v) is 2.04. The van der Waals surface area contributed by atoms with Gasteiger partial charge in [-0.1, -0.05) is 22.0 Å². The Morgan fingerprint density at radius 2 is 2.05 bits per heavy atom. The molecule has 3 nitrogen and oxygen atoms in total. The fraction of sp³-hybridized carbons (Fsp3) is 0.417. The Morgan fingerprint density at radius 1 is 1.40 bits per heavy atom. The van der Waals surface area contributed by atoms with Gasteiger partial charge in [-0.2, -0.15) is 13.2 Å². The van der Waals surface area contributed by atoms with Crippen molar-refractivity contribution < 1.29 is 27.1 Å². The van der Waals surface area contributed by atoms with Gasteiger partial charge in [0.25, 0.3) is 5.91 Å². The molecule has 0 aromatic heterocycles. The van der Waals surface area contributed by atoms with Crippen molar-refractivity contribution in [3.05, 3.63) is 29.6 Å². The molecule has 0 fully saturated rings. The largest absolute Gasteiger partial charge is 0.496 e. The van der Waals surface area contributed by atoms with Crippen molar-refractivity contribution in [3.63, 3.8) is 0 Å². The number of rotatable bonds is 5. The molecule has 0 saturated carbocycles. The van der Waals surface area contributed by atoms with Gasteiger partial charge in [-0.3, -0.25) is 4.79 Å². The molecular formula is C12H12BrF4NO2. The van der Waals surface area contributed by atoms with Gasteiger partial charge in [0.1, 0.15) is 23.7 Å². The zero-order chi connectivity index (χ0) is 15.3. The Morgan fingerprint density at radius 3 is 2.55 bits per heavy atom. The first-order valence-electron chi connectivity index (χ1n) is 5.54. The molecule has 0 aliphatic carbocycles. The lowest BCUT2D eigenvalue weighted by Gasteiger charge is -2.24. The third kappa shape index (κ3) is 4.36. The van der Waals surface area contributed by atoms with E-state index < -0.39 is 30.0 Å². The summed E-state index contributed by atoms with van der Waals surface area (Å²) >= 11 is 2.97. The molecule has 112 valence electrons. The lowest BCUT2D eigenvalue weighted by molar-refractivity contribution is -0.140. The van der Waals surface area contributed by atoms with Crippen LogP contribution in [0, 0.1) is 5.82 Å². The number of methoxy groups -OCH3 is 1. The molecule has 0 N–H and O–H groups in total. The molecule has 0 unspecified atom stereocenters. The van der Waals surface area contributed by atoms with Gasteiger partial charge >= 0.3 is 6.18 Å². The number of carbonyl (C=O) groups is 1. The van der Waals surface area contributed by atoms with Crippen LogP contribution in [0.15, 0.2) is 18.2 Å². The van der Waals surface area contributed by atoms with Gasteiger partial charge in [0.05, 0.1) is 7.11 Å². The third-order valence-electron chi connectivity index (χ3n) is 2.42. The van der Waals surface area contributed by atoms with Crippen LogP contribution in [0.3, 0.4) is 0 Å². The topological polar surface area (TPSA) is 29.5 Å². The average molecular weight is 358 g/mol. The summed E-state index contributed by atoms with van der Waals surface area (Å²) in [6, 6.07) is 3.62. The van der Waals surface area contributed by atoms with E-state index in [1.54, 1.807) is 0 Å². The summed E-state index contributed by atoms with van der Waals surface area (Å²) in [5.74, 6) is -2.08. The van der Waals surface area contributed by atoms with Gasteiger partial charge in [-0.15, -0.1) is 0 Å². The highest BCUT2D eigenvalue weighted by Crippen LogP contribution is 2.25. The van der Waals surface area contributed by atoms with E-state index in [1.807, 2.05) is 0 Å². The number of benzene rings is 1. The zero-order valence-corrected chi connectivity index (χ0v) is 12.1. The second kappa shape index (κ2) is 6.92. The molecular weight excluding hydrogens is 346 g/mol. The SMILES string of the molecule is COc1cccc(F)c1C(=O)N(CCBr)CC(F)(F)F. The number of nitrogens with zero attached hydrogens (tertiary/aromatic N) is 1. The molecule has 0 spiro atoms. The Kier molecular flexibility index (Phi) is 5.79. The summed E-state index contributed by atoms with van der Waals surface area (Å²) in [5.41, 5.74) is -0.500. The highest BCUT2D eigenvalue weighted by molar-refractivity contribution is 9.09. The molecule has 0 radical (unpaired) electrons. The summed E-state index contributed by atoms with van der Waals surface area (Å²) in [7, 11) is 1.21. The van der Waals surface area contributed by atoms with E-state index in [0.717, 1.165) is 6.07 Å². The fourth-order valence-electron chi connectivity index (χ4n) is 1.61. The van der Waals surface area contributed by atoms with Crippen molar-refractivity contribution in [1.82, 2.24) is 4.90 Å². The lowest BCUT2D eigenvalue weighted by Crippen LogP contribution is -2.40. The Hall–Kier alpha value is -1.31. The number of hydrogen-bond acceptors (Lipinski definition) is 2. The molecule has 0 saturated heterocycles. The number of ether oxygens (including phenoxy) is 1. The summed E-state index contributed by atoms with van der Waals surface area (Å²) in [6.45, 7) is -1.65. The number of amides is 1. The average Bonchev–Trinajstić information content (AvgIpc) is 2.35. The molecule has 0 aliphatic rings. The van der Waals surface area contributed by atoms with Gasteiger partial charge in [-0.25, -0.2) is 4.39 Å². The monoisotopic (exact) mass is 357 g/mol. The predicted octanol–water partition coefficient (Wildman–Crippen LogP) is 3.23. The van der Waals surface area contributed by atoms with Gasteiger partial charge in [-0.05, 0) is 12.1 Å². The smallest absolute Gasteiger partial charge is 0.406 e. The first-order chi connectivity index (χ1) is 9.30. The lowest BCUT2D eigenvalue weighted by atomic mass is 10.1. The van der Waals surface area contributed by atoms with Crippen LogP contribution in [0.25, 0.3) is 0 Å². The van der Waals surface area contributed by atoms with Gasteiger partial charge in [0.2, 0.25) is 0 Å². The van der Waals surface area contributed by atoms with Crippen LogP contribution in [0.2, 0.25) is 0 Å². The minimum atomic E-state index is -4.56. The van der Waals surface area contributed by atoms with Crippen LogP contribution in [0.4, 0.5) is 17.6 Å². The Bertz CT molecular complexity index is 479. The van der Waals surface area contributed by atoms with E-state index in [4.69, 9.17) is 4.74 Å². The van der Waals surface area contributed by atoms with Crippen molar-refractivity contribution in [3.8, 4) is 5.75 Å². The second-order valence-corrected chi connectivity index (χ2v) is 4.64. The van der Waals surface area contributed by atoms with E-state index in [1.165, 1.54) is 19.2 Å². The molecule has 8 heteroatoms. The van der Waals surface area contributed by atoms with Crippen molar-refractivity contribution in [2.45, 2.75) is 6.18 Å². The predicted molar refractivity (Wildman–Crippen MR) is 68.7 cm³/mol. The Balaban J connectivity index is 3.12. The highest BCUT2D eigenvalue weighted by atomic mass is 79.9. The van der Waals surface area contributed by atoms with E-state index in [2.05, 4.69) is 15.9 Å². The van der Waals surface area contributed by atoms with Crippen molar-refractivity contribution in [2.75, 3.05) is 25.5 Å². The molecule has 20 heavy (non-hydrogen) atoms. The van der Waals surface area contributed by atoms with E-state index in [9.17, 15) is 22.4 Å². The first-order valence-corrected chi connectivity index (χ1v) is 6.66. The van der Waals surface area contributed by atoms with Crippen LogP contribution in [0.5, 0.6) is 5.75 Å². The molecule has 1 aromatic carbocycles. The van der Waals surface area contributed by atoms with E-state index in [0.29, 0.717) is 4.90 Å². The molecule has 0 atom stereocenters. The summed E-state index contributed by atoms with van der Waals surface area (Å²) in [6.07, 6.45) is -4.56. The maximum Gasteiger partial charge on any atom is 0.406 e. The van der Waals surface area contributed by atoms with Gasteiger partial charge in [0.15, 0.2) is 0 Å². The van der Waals surface area contributed by atoms with Crippen LogP contribution in [-0.2, 0) is 0 Å². The number of hydrogen-bond donors (Lipinski definition) is 0. The minimum absolute atomic E-state index is 0.100. The molecule has 1 amide bonds. The molecule has 0 bridgehead atoms. The van der Waals surface area contributed by atoms with Crippen LogP contribution < -0.4 is 4.74 Å². The van der Waals surface area contributed by atoms with Crippen LogP contribution >= 0.6 is 15.9 Å². The standard InChI is InChI=1S/C12H12BrF4NO2/c1-20-9-4-2-3-8(14)10(9)11(19)18(6-5-13)7-12(15,16)17/h2-4H,5-7H2,1H3. The first kappa shape index (κ1) is 16.7. The van der Waals surface area contributed by atoms with Gasteiger partial charge in [0, 0.05) is 11.9 Å².